The van der Waals surface area contributed by atoms with Crippen molar-refractivity contribution < 1.29 is 13.2 Å². The van der Waals surface area contributed by atoms with Crippen LogP contribution in [-0.4, -0.2) is 20.9 Å². The van der Waals surface area contributed by atoms with Gasteiger partial charge in [0.25, 0.3) is 0 Å². The van der Waals surface area contributed by atoms with E-state index >= 15 is 0 Å². The summed E-state index contributed by atoms with van der Waals surface area (Å²) in [6.07, 6.45) is 0.425. The third-order valence-electron chi connectivity index (χ3n) is 3.97. The molecule has 0 saturated carbocycles. The average molecular weight is 330 g/mol. The number of aryl methyl sites for hydroxylation is 1. The van der Waals surface area contributed by atoms with E-state index in [1.165, 1.54) is 0 Å². The molecule has 0 spiro atoms. The van der Waals surface area contributed by atoms with Gasteiger partial charge in [-0.3, -0.25) is 4.79 Å². The molecule has 0 radical (unpaired) electrons. The largest absolute Gasteiger partial charge is 0.325 e. The lowest BCUT2D eigenvalue weighted by Gasteiger charge is -2.10. The third kappa shape index (κ3) is 3.28. The molecular weight excluding hydrogens is 312 g/mol. The van der Waals surface area contributed by atoms with Crippen LogP contribution in [0.25, 0.3) is 0 Å². The Labute approximate surface area is 135 Å². The molecule has 2 N–H and O–H groups in total. The lowest BCUT2D eigenvalue weighted by Crippen LogP contribution is -2.27. The second-order valence-corrected chi connectivity index (χ2v) is 7.40. The average Bonchev–Trinajstić information content (AvgIpc) is 2.84. The van der Waals surface area contributed by atoms with Crippen LogP contribution < -0.4 is 10.0 Å². The molecule has 120 valence electrons. The van der Waals surface area contributed by atoms with Crippen molar-refractivity contribution in [3.8, 4) is 0 Å². The molecule has 2 aromatic rings. The van der Waals surface area contributed by atoms with Crippen LogP contribution in [0, 0.1) is 6.92 Å². The Morgan fingerprint density at radius 1 is 1.09 bits per heavy atom. The second-order valence-electron chi connectivity index (χ2n) is 5.63. The molecule has 1 aliphatic heterocycles. The Hall–Kier alpha value is -2.18. The molecule has 6 heteroatoms. The van der Waals surface area contributed by atoms with E-state index in [1.807, 2.05) is 31.2 Å². The molecule has 1 aliphatic rings. The van der Waals surface area contributed by atoms with Gasteiger partial charge < -0.3 is 5.32 Å². The van der Waals surface area contributed by atoms with Gasteiger partial charge in [0.1, 0.15) is 0 Å². The summed E-state index contributed by atoms with van der Waals surface area (Å²) in [5, 5.41) is 2.82. The summed E-state index contributed by atoms with van der Waals surface area (Å²) in [6, 6.07) is 14.2. The minimum Gasteiger partial charge on any atom is -0.325 e. The van der Waals surface area contributed by atoms with Gasteiger partial charge in [-0.15, -0.1) is 0 Å². The number of fused-ring (bicyclic) bond motifs is 1. The maximum absolute atomic E-state index is 12.2. The van der Waals surface area contributed by atoms with Gasteiger partial charge in [-0.25, -0.2) is 13.1 Å². The van der Waals surface area contributed by atoms with Crippen LogP contribution in [0.15, 0.2) is 53.4 Å². The van der Waals surface area contributed by atoms with Crippen molar-refractivity contribution in [2.45, 2.75) is 24.2 Å². The van der Waals surface area contributed by atoms with E-state index in [0.29, 0.717) is 6.42 Å². The van der Waals surface area contributed by atoms with E-state index in [0.717, 1.165) is 16.8 Å². The Balaban J connectivity index is 1.65. The lowest BCUT2D eigenvalue weighted by atomic mass is 9.97. The van der Waals surface area contributed by atoms with Gasteiger partial charge in [0, 0.05) is 12.2 Å². The fraction of sp³-hybridized carbons (Fsp3) is 0.235. The highest BCUT2D eigenvalue weighted by Crippen LogP contribution is 2.33. The molecule has 0 bridgehead atoms. The standard InChI is InChI=1S/C17H18N2O3S/c1-12-6-8-13(9-7-12)23(21,22)18-11-10-15-14-4-2-3-5-16(14)19-17(15)20/h2-9,15,18H,10-11H2,1H3,(H,19,20). The number of anilines is 1. The molecular formula is C17H18N2O3S. The number of carbonyl (C=O) groups is 1. The van der Waals surface area contributed by atoms with E-state index in [4.69, 9.17) is 0 Å². The number of hydrogen-bond donors (Lipinski definition) is 2. The van der Waals surface area contributed by atoms with Crippen molar-refractivity contribution in [2.75, 3.05) is 11.9 Å². The predicted octanol–water partition coefficient (Wildman–Crippen LogP) is 2.40. The SMILES string of the molecule is Cc1ccc(S(=O)(=O)NCCC2C(=O)Nc3ccccc32)cc1. The Kier molecular flexibility index (Phi) is 4.19. The van der Waals surface area contributed by atoms with Crippen LogP contribution in [0.5, 0.6) is 0 Å². The summed E-state index contributed by atoms with van der Waals surface area (Å²) in [5.41, 5.74) is 2.74. The number of amides is 1. The highest BCUT2D eigenvalue weighted by Gasteiger charge is 2.29. The molecule has 1 amide bonds. The van der Waals surface area contributed by atoms with E-state index in [9.17, 15) is 13.2 Å². The first-order valence-electron chi connectivity index (χ1n) is 7.43. The molecule has 0 saturated heterocycles. The number of hydrogen-bond acceptors (Lipinski definition) is 3. The number of para-hydroxylation sites is 1. The Morgan fingerprint density at radius 3 is 2.52 bits per heavy atom. The van der Waals surface area contributed by atoms with E-state index < -0.39 is 10.0 Å². The van der Waals surface area contributed by atoms with Gasteiger partial charge in [0.05, 0.1) is 10.8 Å². The first kappa shape index (κ1) is 15.7. The summed E-state index contributed by atoms with van der Waals surface area (Å²) in [7, 11) is -3.55. The zero-order valence-electron chi connectivity index (χ0n) is 12.7. The summed E-state index contributed by atoms with van der Waals surface area (Å²) >= 11 is 0. The fourth-order valence-corrected chi connectivity index (χ4v) is 3.75. The number of sulfonamides is 1. The molecule has 1 heterocycles. The monoisotopic (exact) mass is 330 g/mol. The molecule has 5 nitrogen and oxygen atoms in total. The smallest absolute Gasteiger partial charge is 0.240 e. The van der Waals surface area contributed by atoms with Crippen molar-refractivity contribution in [3.63, 3.8) is 0 Å². The van der Waals surface area contributed by atoms with Crippen LogP contribution in [-0.2, 0) is 14.8 Å². The van der Waals surface area contributed by atoms with Crippen molar-refractivity contribution in [3.05, 3.63) is 59.7 Å². The number of benzene rings is 2. The minimum atomic E-state index is -3.55. The van der Waals surface area contributed by atoms with Crippen molar-refractivity contribution >= 4 is 21.6 Å². The highest BCUT2D eigenvalue weighted by molar-refractivity contribution is 7.89. The predicted molar refractivity (Wildman–Crippen MR) is 88.8 cm³/mol. The first-order valence-corrected chi connectivity index (χ1v) is 8.92. The normalized spacial score (nSPS) is 16.9. The van der Waals surface area contributed by atoms with Crippen molar-refractivity contribution in [1.29, 1.82) is 0 Å². The third-order valence-corrected chi connectivity index (χ3v) is 5.44. The van der Waals surface area contributed by atoms with Gasteiger partial charge in [-0.05, 0) is 37.1 Å². The van der Waals surface area contributed by atoms with Gasteiger partial charge in [0.2, 0.25) is 15.9 Å². The maximum Gasteiger partial charge on any atom is 0.240 e. The second kappa shape index (κ2) is 6.14. The zero-order chi connectivity index (χ0) is 16.4. The van der Waals surface area contributed by atoms with Gasteiger partial charge in [0.15, 0.2) is 0 Å². The van der Waals surface area contributed by atoms with Crippen LogP contribution >= 0.6 is 0 Å². The Morgan fingerprint density at radius 2 is 1.78 bits per heavy atom. The zero-order valence-corrected chi connectivity index (χ0v) is 13.6. The summed E-state index contributed by atoms with van der Waals surface area (Å²) in [6.45, 7) is 2.11. The molecule has 1 atom stereocenters. The van der Waals surface area contributed by atoms with E-state index in [2.05, 4.69) is 10.0 Å². The Bertz CT molecular complexity index is 829. The first-order chi connectivity index (χ1) is 11.0. The van der Waals surface area contributed by atoms with Gasteiger partial charge in [-0.1, -0.05) is 35.9 Å². The highest BCUT2D eigenvalue weighted by atomic mass is 32.2. The summed E-state index contributed by atoms with van der Waals surface area (Å²) < 4.78 is 27.0. The molecule has 0 aromatic heterocycles. The van der Waals surface area contributed by atoms with Gasteiger partial charge >= 0.3 is 0 Å². The molecule has 0 fully saturated rings. The fourth-order valence-electron chi connectivity index (χ4n) is 2.70. The topological polar surface area (TPSA) is 75.3 Å². The number of nitrogens with one attached hydrogen (secondary N) is 2. The molecule has 23 heavy (non-hydrogen) atoms. The van der Waals surface area contributed by atoms with Crippen LogP contribution in [0.3, 0.4) is 0 Å². The number of carbonyl (C=O) groups excluding carboxylic acids is 1. The molecule has 2 aromatic carbocycles. The van der Waals surface area contributed by atoms with E-state index in [-0.39, 0.29) is 23.3 Å². The molecule has 1 unspecified atom stereocenters. The van der Waals surface area contributed by atoms with Crippen molar-refractivity contribution in [1.82, 2.24) is 4.72 Å². The van der Waals surface area contributed by atoms with Crippen LogP contribution in [0.1, 0.15) is 23.5 Å². The summed E-state index contributed by atoms with van der Waals surface area (Å²) in [4.78, 5) is 12.2. The molecule has 3 rings (SSSR count). The maximum atomic E-state index is 12.2. The number of rotatable bonds is 5. The van der Waals surface area contributed by atoms with E-state index in [1.54, 1.807) is 24.3 Å². The molecule has 0 aliphatic carbocycles. The quantitative estimate of drug-likeness (QED) is 0.884. The summed E-state index contributed by atoms with van der Waals surface area (Å²) in [5.74, 6) is -0.396. The van der Waals surface area contributed by atoms with Gasteiger partial charge in [-0.2, -0.15) is 0 Å². The van der Waals surface area contributed by atoms with Crippen molar-refractivity contribution in [2.24, 2.45) is 0 Å². The van der Waals surface area contributed by atoms with Crippen LogP contribution in [0.2, 0.25) is 0 Å². The minimum absolute atomic E-state index is 0.0827. The van der Waals surface area contributed by atoms with Crippen LogP contribution in [0.4, 0.5) is 5.69 Å². The lowest BCUT2D eigenvalue weighted by molar-refractivity contribution is -0.117.